The Morgan fingerprint density at radius 1 is 0.968 bits per heavy atom. The molecule has 0 saturated heterocycles. The summed E-state index contributed by atoms with van der Waals surface area (Å²) in [7, 11) is -1.62. The maximum absolute atomic E-state index is 13.0. The second-order valence-electron chi connectivity index (χ2n) is 7.26. The summed E-state index contributed by atoms with van der Waals surface area (Å²) in [6, 6.07) is 21.9. The SMILES string of the molecule is CNCc1cc(S(=O)(=O)CC=CCc2ccccc2)n(CCCc2ccccc2)n1.Cl. The van der Waals surface area contributed by atoms with Crippen molar-refractivity contribution >= 4 is 22.2 Å². The van der Waals surface area contributed by atoms with Crippen LogP contribution in [0, 0.1) is 0 Å². The molecule has 0 spiro atoms. The van der Waals surface area contributed by atoms with Gasteiger partial charge in [0.25, 0.3) is 0 Å². The van der Waals surface area contributed by atoms with Crippen molar-refractivity contribution in [2.24, 2.45) is 0 Å². The lowest BCUT2D eigenvalue weighted by Gasteiger charge is -2.07. The van der Waals surface area contributed by atoms with Gasteiger partial charge < -0.3 is 5.32 Å². The number of hydrogen-bond donors (Lipinski definition) is 1. The fourth-order valence-corrected chi connectivity index (χ4v) is 4.65. The Morgan fingerprint density at radius 3 is 2.26 bits per heavy atom. The van der Waals surface area contributed by atoms with E-state index >= 15 is 0 Å². The molecule has 0 aliphatic carbocycles. The summed E-state index contributed by atoms with van der Waals surface area (Å²) in [5, 5.41) is 7.86. The molecule has 0 unspecified atom stereocenters. The van der Waals surface area contributed by atoms with E-state index in [0.29, 0.717) is 18.1 Å². The molecule has 3 aromatic rings. The van der Waals surface area contributed by atoms with Crippen LogP contribution in [-0.4, -0.2) is 31.0 Å². The lowest BCUT2D eigenvalue weighted by Crippen LogP contribution is -2.14. The van der Waals surface area contributed by atoms with Crippen molar-refractivity contribution in [2.75, 3.05) is 12.8 Å². The molecular weight excluding hydrogens is 430 g/mol. The van der Waals surface area contributed by atoms with E-state index in [2.05, 4.69) is 22.5 Å². The van der Waals surface area contributed by atoms with E-state index in [-0.39, 0.29) is 18.2 Å². The smallest absolute Gasteiger partial charge is 0.198 e. The molecule has 0 aliphatic rings. The van der Waals surface area contributed by atoms with Gasteiger partial charge in [-0.2, -0.15) is 5.10 Å². The number of benzene rings is 2. The number of aryl methyl sites for hydroxylation is 2. The molecule has 1 N–H and O–H groups in total. The predicted molar refractivity (Wildman–Crippen MR) is 128 cm³/mol. The normalized spacial score (nSPS) is 11.5. The Balaban J connectivity index is 0.00000341. The standard InChI is InChI=1S/C24H29N3O2S.ClH/c1-25-20-23-19-24(27(26-23)17-10-16-22-13-6-3-7-14-22)30(28,29)18-9-8-15-21-11-4-2-5-12-21;/h2-9,11-14,19,25H,10,15-18,20H2,1H3;1H. The van der Waals surface area contributed by atoms with Crippen LogP contribution in [0.5, 0.6) is 0 Å². The van der Waals surface area contributed by atoms with Crippen LogP contribution in [0.25, 0.3) is 0 Å². The molecule has 2 aromatic carbocycles. The number of allylic oxidation sites excluding steroid dienone is 1. The first kappa shape index (κ1) is 24.9. The molecule has 166 valence electrons. The van der Waals surface area contributed by atoms with Crippen LogP contribution in [0.15, 0.2) is 83.9 Å². The van der Waals surface area contributed by atoms with Gasteiger partial charge in [-0.25, -0.2) is 8.42 Å². The van der Waals surface area contributed by atoms with E-state index < -0.39 is 9.84 Å². The highest BCUT2D eigenvalue weighted by molar-refractivity contribution is 7.91. The third kappa shape index (κ3) is 7.65. The van der Waals surface area contributed by atoms with Gasteiger partial charge in [0.05, 0.1) is 11.4 Å². The van der Waals surface area contributed by atoms with Gasteiger partial charge in [-0.15, -0.1) is 12.4 Å². The van der Waals surface area contributed by atoms with Crippen LogP contribution < -0.4 is 5.32 Å². The quantitative estimate of drug-likeness (QED) is 0.436. The summed E-state index contributed by atoms with van der Waals surface area (Å²) in [5.74, 6) is -0.0246. The van der Waals surface area contributed by atoms with Crippen LogP contribution >= 0.6 is 12.4 Å². The monoisotopic (exact) mass is 459 g/mol. The Hall–Kier alpha value is -2.41. The predicted octanol–water partition coefficient (Wildman–Crippen LogP) is 4.23. The number of hydrogen-bond acceptors (Lipinski definition) is 4. The molecule has 0 atom stereocenters. The fraction of sp³-hybridized carbons (Fsp3) is 0.292. The van der Waals surface area contributed by atoms with Gasteiger partial charge in [0, 0.05) is 13.1 Å². The molecule has 0 fully saturated rings. The van der Waals surface area contributed by atoms with Crippen molar-refractivity contribution in [3.63, 3.8) is 0 Å². The lowest BCUT2D eigenvalue weighted by molar-refractivity contribution is 0.514. The van der Waals surface area contributed by atoms with Crippen LogP contribution in [0.4, 0.5) is 0 Å². The molecule has 0 radical (unpaired) electrons. The molecule has 5 nitrogen and oxygen atoms in total. The second-order valence-corrected chi connectivity index (χ2v) is 9.24. The van der Waals surface area contributed by atoms with Gasteiger partial charge in [-0.05, 0) is 43.5 Å². The zero-order chi connectivity index (χ0) is 21.2. The van der Waals surface area contributed by atoms with Crippen LogP contribution in [0.1, 0.15) is 23.2 Å². The van der Waals surface area contributed by atoms with Gasteiger partial charge in [-0.1, -0.05) is 72.8 Å². The third-order valence-corrected chi connectivity index (χ3v) is 6.42. The Morgan fingerprint density at radius 2 is 1.61 bits per heavy atom. The minimum atomic E-state index is -3.45. The number of halogens is 1. The molecule has 0 aliphatic heterocycles. The average molecular weight is 460 g/mol. The maximum atomic E-state index is 13.0. The molecule has 0 amide bonds. The maximum Gasteiger partial charge on any atom is 0.198 e. The molecule has 0 bridgehead atoms. The third-order valence-electron chi connectivity index (χ3n) is 4.83. The first-order valence-corrected chi connectivity index (χ1v) is 11.9. The Labute approximate surface area is 191 Å². The minimum Gasteiger partial charge on any atom is -0.314 e. The van der Waals surface area contributed by atoms with E-state index in [1.807, 2.05) is 61.7 Å². The van der Waals surface area contributed by atoms with E-state index in [0.717, 1.165) is 30.5 Å². The van der Waals surface area contributed by atoms with Gasteiger partial charge in [0.15, 0.2) is 14.9 Å². The van der Waals surface area contributed by atoms with E-state index in [4.69, 9.17) is 0 Å². The topological polar surface area (TPSA) is 64.0 Å². The summed E-state index contributed by atoms with van der Waals surface area (Å²) in [4.78, 5) is 0. The molecule has 0 saturated carbocycles. The van der Waals surface area contributed by atoms with Gasteiger partial charge >= 0.3 is 0 Å². The van der Waals surface area contributed by atoms with Crippen LogP contribution in [-0.2, 0) is 35.8 Å². The number of sulfone groups is 1. The Bertz CT molecular complexity index is 1050. The van der Waals surface area contributed by atoms with Crippen molar-refractivity contribution in [1.29, 1.82) is 0 Å². The Kier molecular flexibility index (Phi) is 9.98. The van der Waals surface area contributed by atoms with Crippen molar-refractivity contribution in [3.8, 4) is 0 Å². The number of nitrogens with zero attached hydrogens (tertiary/aromatic N) is 2. The van der Waals surface area contributed by atoms with E-state index in [1.54, 1.807) is 16.8 Å². The highest BCUT2D eigenvalue weighted by atomic mass is 35.5. The minimum absolute atomic E-state index is 0. The molecule has 3 rings (SSSR count). The number of nitrogens with one attached hydrogen (secondary N) is 1. The molecular formula is C24H30ClN3O2S. The zero-order valence-electron chi connectivity index (χ0n) is 17.8. The van der Waals surface area contributed by atoms with E-state index in [1.165, 1.54) is 5.56 Å². The molecule has 1 aromatic heterocycles. The largest absolute Gasteiger partial charge is 0.314 e. The van der Waals surface area contributed by atoms with Crippen LogP contribution in [0.3, 0.4) is 0 Å². The average Bonchev–Trinajstić information content (AvgIpc) is 3.17. The highest BCUT2D eigenvalue weighted by Gasteiger charge is 2.20. The number of aromatic nitrogens is 2. The summed E-state index contributed by atoms with van der Waals surface area (Å²) in [6.07, 6.45) is 6.09. The lowest BCUT2D eigenvalue weighted by atomic mass is 10.1. The van der Waals surface area contributed by atoms with Crippen molar-refractivity contribution in [2.45, 2.75) is 37.4 Å². The summed E-state index contributed by atoms with van der Waals surface area (Å²) in [5.41, 5.74) is 3.14. The molecule has 7 heteroatoms. The van der Waals surface area contributed by atoms with Crippen molar-refractivity contribution in [3.05, 3.63) is 95.7 Å². The highest BCUT2D eigenvalue weighted by Crippen LogP contribution is 2.16. The van der Waals surface area contributed by atoms with Crippen molar-refractivity contribution < 1.29 is 8.42 Å². The van der Waals surface area contributed by atoms with E-state index in [9.17, 15) is 8.42 Å². The summed E-state index contributed by atoms with van der Waals surface area (Å²) in [6.45, 7) is 1.11. The summed E-state index contributed by atoms with van der Waals surface area (Å²) < 4.78 is 27.6. The number of rotatable bonds is 11. The fourth-order valence-electron chi connectivity index (χ4n) is 3.32. The van der Waals surface area contributed by atoms with Crippen LogP contribution in [0.2, 0.25) is 0 Å². The zero-order valence-corrected chi connectivity index (χ0v) is 19.4. The molecule has 1 heterocycles. The first-order chi connectivity index (χ1) is 14.6. The van der Waals surface area contributed by atoms with Gasteiger partial charge in [0.1, 0.15) is 0 Å². The second kappa shape index (κ2) is 12.4. The van der Waals surface area contributed by atoms with Crippen molar-refractivity contribution in [1.82, 2.24) is 15.1 Å². The van der Waals surface area contributed by atoms with Gasteiger partial charge in [0.2, 0.25) is 0 Å². The molecule has 31 heavy (non-hydrogen) atoms. The van der Waals surface area contributed by atoms with Gasteiger partial charge in [-0.3, -0.25) is 4.68 Å². The summed E-state index contributed by atoms with van der Waals surface area (Å²) >= 11 is 0. The first-order valence-electron chi connectivity index (χ1n) is 10.3.